The maximum Gasteiger partial charge on any atom is 0.261 e. The monoisotopic (exact) mass is 438 g/mol. The van der Waals surface area contributed by atoms with Crippen molar-refractivity contribution in [2.75, 3.05) is 10.5 Å². The summed E-state index contributed by atoms with van der Waals surface area (Å²) in [5, 5.41) is 0.303. The quantitative estimate of drug-likeness (QED) is 0.701. The first kappa shape index (κ1) is 15.6. The van der Waals surface area contributed by atoms with Crippen LogP contribution in [0.4, 0.5) is 11.4 Å². The molecular weight excluding hydrogens is 431 g/mol. The Kier molecular flexibility index (Phi) is 4.63. The first-order chi connectivity index (χ1) is 9.29. The van der Waals surface area contributed by atoms with Crippen molar-refractivity contribution in [2.24, 2.45) is 0 Å². The van der Waals surface area contributed by atoms with Crippen LogP contribution in [0.1, 0.15) is 0 Å². The predicted octanol–water partition coefficient (Wildman–Crippen LogP) is 4.25. The van der Waals surface area contributed by atoms with E-state index < -0.39 is 10.0 Å². The van der Waals surface area contributed by atoms with E-state index in [2.05, 4.69) is 36.6 Å². The minimum Gasteiger partial charge on any atom is -0.398 e. The molecule has 0 aliphatic rings. The minimum absolute atomic E-state index is 0.0950. The summed E-state index contributed by atoms with van der Waals surface area (Å²) in [6, 6.07) is 9.26. The number of benzene rings is 2. The van der Waals surface area contributed by atoms with E-state index in [0.717, 1.165) is 4.47 Å². The number of halogens is 3. The van der Waals surface area contributed by atoms with Gasteiger partial charge in [-0.3, -0.25) is 4.72 Å². The summed E-state index contributed by atoms with van der Waals surface area (Å²) >= 11 is 12.4. The molecule has 0 aliphatic carbocycles. The second-order valence-electron chi connectivity index (χ2n) is 3.91. The van der Waals surface area contributed by atoms with Gasteiger partial charge in [-0.2, -0.15) is 0 Å². The summed E-state index contributed by atoms with van der Waals surface area (Å²) < 4.78 is 28.2. The van der Waals surface area contributed by atoms with E-state index in [9.17, 15) is 8.42 Å². The topological polar surface area (TPSA) is 72.2 Å². The van der Waals surface area contributed by atoms with Crippen molar-refractivity contribution in [3.63, 3.8) is 0 Å². The molecule has 0 fully saturated rings. The van der Waals surface area contributed by atoms with Crippen LogP contribution in [-0.2, 0) is 10.0 Å². The smallest absolute Gasteiger partial charge is 0.261 e. The first-order valence-corrected chi connectivity index (χ1v) is 8.77. The van der Waals surface area contributed by atoms with Crippen LogP contribution < -0.4 is 10.5 Å². The zero-order valence-corrected chi connectivity index (χ0v) is 14.6. The highest BCUT2D eigenvalue weighted by atomic mass is 79.9. The highest BCUT2D eigenvalue weighted by Crippen LogP contribution is 2.29. The fourth-order valence-electron chi connectivity index (χ4n) is 1.45. The molecule has 0 unspecified atom stereocenters. The van der Waals surface area contributed by atoms with E-state index in [1.54, 1.807) is 18.2 Å². The van der Waals surface area contributed by atoms with Crippen molar-refractivity contribution in [3.8, 4) is 0 Å². The molecule has 2 aromatic carbocycles. The fourth-order valence-corrected chi connectivity index (χ4v) is 3.86. The maximum absolute atomic E-state index is 12.3. The van der Waals surface area contributed by atoms with Crippen molar-refractivity contribution in [2.45, 2.75) is 4.90 Å². The highest BCUT2D eigenvalue weighted by molar-refractivity contribution is 9.10. The zero-order chi connectivity index (χ0) is 14.9. The van der Waals surface area contributed by atoms with Gasteiger partial charge < -0.3 is 5.73 Å². The third-order valence-electron chi connectivity index (χ3n) is 2.46. The van der Waals surface area contributed by atoms with Gasteiger partial charge >= 0.3 is 0 Å². The molecule has 0 aromatic heterocycles. The molecule has 20 heavy (non-hydrogen) atoms. The second-order valence-corrected chi connectivity index (χ2v) is 7.77. The summed E-state index contributed by atoms with van der Waals surface area (Å²) in [6.45, 7) is 0. The number of nitrogen functional groups attached to an aromatic ring is 1. The van der Waals surface area contributed by atoms with Crippen molar-refractivity contribution < 1.29 is 8.42 Å². The Hall–Kier alpha value is -0.760. The van der Waals surface area contributed by atoms with E-state index in [4.69, 9.17) is 17.3 Å². The normalized spacial score (nSPS) is 11.3. The van der Waals surface area contributed by atoms with Gasteiger partial charge in [-0.25, -0.2) is 8.42 Å². The molecule has 0 atom stereocenters. The number of sulfonamides is 1. The third-order valence-corrected chi connectivity index (χ3v) is 5.31. The van der Waals surface area contributed by atoms with Crippen LogP contribution in [0.2, 0.25) is 5.02 Å². The summed E-state index contributed by atoms with van der Waals surface area (Å²) in [5.41, 5.74) is 6.41. The Labute approximate surface area is 138 Å². The standard InChI is InChI=1S/C12H9Br2ClN2O2S/c13-7-1-4-12(10(15)5-7)17-20(18,19)8-2-3-11(16)9(14)6-8/h1-6,17H,16H2. The average Bonchev–Trinajstić information content (AvgIpc) is 2.36. The van der Waals surface area contributed by atoms with Crippen LogP contribution in [0.25, 0.3) is 0 Å². The SMILES string of the molecule is Nc1ccc(S(=O)(=O)Nc2ccc(Br)cc2Cl)cc1Br. The van der Waals surface area contributed by atoms with E-state index in [1.807, 2.05) is 0 Å². The van der Waals surface area contributed by atoms with Crippen molar-refractivity contribution in [1.82, 2.24) is 0 Å². The number of hydrogen-bond acceptors (Lipinski definition) is 3. The van der Waals surface area contributed by atoms with Crippen molar-refractivity contribution in [1.29, 1.82) is 0 Å². The van der Waals surface area contributed by atoms with E-state index in [-0.39, 0.29) is 4.90 Å². The van der Waals surface area contributed by atoms with Crippen LogP contribution >= 0.6 is 43.5 Å². The van der Waals surface area contributed by atoms with E-state index >= 15 is 0 Å². The zero-order valence-electron chi connectivity index (χ0n) is 9.90. The van der Waals surface area contributed by atoms with Crippen LogP contribution in [0, 0.1) is 0 Å². The second kappa shape index (κ2) is 5.93. The van der Waals surface area contributed by atoms with Gasteiger partial charge in [0.25, 0.3) is 10.0 Å². The summed E-state index contributed by atoms with van der Waals surface area (Å²) in [5.74, 6) is 0. The van der Waals surface area contributed by atoms with Gasteiger partial charge in [0.15, 0.2) is 0 Å². The Morgan fingerprint density at radius 3 is 2.40 bits per heavy atom. The first-order valence-electron chi connectivity index (χ1n) is 5.32. The molecule has 2 aromatic rings. The van der Waals surface area contributed by atoms with Crippen molar-refractivity contribution in [3.05, 3.63) is 50.4 Å². The predicted molar refractivity (Wildman–Crippen MR) is 88.5 cm³/mol. The van der Waals surface area contributed by atoms with E-state index in [1.165, 1.54) is 18.2 Å². The largest absolute Gasteiger partial charge is 0.398 e. The Balaban J connectivity index is 2.38. The molecule has 2 rings (SSSR count). The van der Waals surface area contributed by atoms with Gasteiger partial charge in [0.1, 0.15) is 0 Å². The molecule has 8 heteroatoms. The fraction of sp³-hybridized carbons (Fsp3) is 0. The van der Waals surface area contributed by atoms with Gasteiger partial charge in [0.05, 0.1) is 15.6 Å². The number of hydrogen-bond donors (Lipinski definition) is 2. The van der Waals surface area contributed by atoms with Gasteiger partial charge in [0, 0.05) is 14.6 Å². The molecule has 3 N–H and O–H groups in total. The van der Waals surface area contributed by atoms with Gasteiger partial charge in [-0.15, -0.1) is 0 Å². The number of rotatable bonds is 3. The lowest BCUT2D eigenvalue weighted by atomic mass is 10.3. The van der Waals surface area contributed by atoms with Gasteiger partial charge in [-0.1, -0.05) is 27.5 Å². The van der Waals surface area contributed by atoms with Gasteiger partial charge in [-0.05, 0) is 52.3 Å². The van der Waals surface area contributed by atoms with E-state index in [0.29, 0.717) is 20.9 Å². The Morgan fingerprint density at radius 1 is 1.10 bits per heavy atom. The Bertz CT molecular complexity index is 766. The summed E-state index contributed by atoms with van der Waals surface area (Å²) in [6.07, 6.45) is 0. The molecule has 0 bridgehead atoms. The lowest BCUT2D eigenvalue weighted by molar-refractivity contribution is 0.601. The average molecular weight is 441 g/mol. The molecule has 106 valence electrons. The molecule has 4 nitrogen and oxygen atoms in total. The number of nitrogens with one attached hydrogen (secondary N) is 1. The molecule has 0 aliphatic heterocycles. The van der Waals surface area contributed by atoms with Crippen LogP contribution in [0.3, 0.4) is 0 Å². The number of anilines is 2. The lowest BCUT2D eigenvalue weighted by Crippen LogP contribution is -2.13. The van der Waals surface area contributed by atoms with Crippen molar-refractivity contribution >= 4 is 64.9 Å². The number of nitrogens with two attached hydrogens (primary N) is 1. The van der Waals surface area contributed by atoms with Crippen LogP contribution in [0.5, 0.6) is 0 Å². The third kappa shape index (κ3) is 3.46. The molecule has 0 saturated heterocycles. The van der Waals surface area contributed by atoms with Crippen LogP contribution in [-0.4, -0.2) is 8.42 Å². The molecule has 0 radical (unpaired) electrons. The van der Waals surface area contributed by atoms with Crippen LogP contribution in [0.15, 0.2) is 50.2 Å². The summed E-state index contributed by atoms with van der Waals surface area (Å²) in [7, 11) is -3.72. The maximum atomic E-state index is 12.3. The highest BCUT2D eigenvalue weighted by Gasteiger charge is 2.16. The molecule has 0 amide bonds. The molecule has 0 heterocycles. The van der Waals surface area contributed by atoms with Gasteiger partial charge in [0.2, 0.25) is 0 Å². The minimum atomic E-state index is -3.72. The lowest BCUT2D eigenvalue weighted by Gasteiger charge is -2.10. The Morgan fingerprint density at radius 2 is 1.80 bits per heavy atom. The molecular formula is C12H9Br2ClN2O2S. The molecule has 0 saturated carbocycles. The summed E-state index contributed by atoms with van der Waals surface area (Å²) in [4.78, 5) is 0.0950. The molecule has 0 spiro atoms.